The lowest BCUT2D eigenvalue weighted by molar-refractivity contribution is -0.139. The lowest BCUT2D eigenvalue weighted by Crippen LogP contribution is -2.30. The van der Waals surface area contributed by atoms with Gasteiger partial charge in [-0.05, 0) is 18.4 Å². The van der Waals surface area contributed by atoms with Gasteiger partial charge in [-0.1, -0.05) is 11.8 Å². The van der Waals surface area contributed by atoms with Crippen LogP contribution >= 0.6 is 11.3 Å². The molecule has 0 aliphatic carbocycles. The molecule has 0 saturated heterocycles. The van der Waals surface area contributed by atoms with Gasteiger partial charge >= 0.3 is 5.97 Å². The molecule has 1 aromatic heterocycles. The molecule has 0 aliphatic heterocycles. The number of esters is 1. The Morgan fingerprint density at radius 3 is 2.95 bits per heavy atom. The van der Waals surface area contributed by atoms with Crippen LogP contribution < -0.4 is 4.72 Å². The first kappa shape index (κ1) is 17.7. The van der Waals surface area contributed by atoms with Crippen LogP contribution in [-0.2, 0) is 26.1 Å². The second-order valence-electron chi connectivity index (χ2n) is 3.92. The van der Waals surface area contributed by atoms with Crippen LogP contribution in [0.15, 0.2) is 11.4 Å². The zero-order valence-corrected chi connectivity index (χ0v) is 13.2. The molecule has 21 heavy (non-hydrogen) atoms. The van der Waals surface area contributed by atoms with Crippen LogP contribution in [0, 0.1) is 11.8 Å². The Morgan fingerprint density at radius 1 is 1.52 bits per heavy atom. The van der Waals surface area contributed by atoms with Crippen molar-refractivity contribution >= 4 is 27.3 Å². The van der Waals surface area contributed by atoms with Crippen molar-refractivity contribution in [3.8, 4) is 11.8 Å². The molecular weight excluding hydrogens is 314 g/mol. The standard InChI is InChI=1S/C13H17NO5S2/c1-2-19-13(16)10-21(17,18)14-9-12-11(6-8-20-12)5-3-4-7-15/h6,8,14-15H,2,4,7,9-10H2,1H3. The van der Waals surface area contributed by atoms with Crippen LogP contribution in [0.25, 0.3) is 0 Å². The average molecular weight is 331 g/mol. The smallest absolute Gasteiger partial charge is 0.322 e. The van der Waals surface area contributed by atoms with E-state index in [1.54, 1.807) is 18.4 Å². The topological polar surface area (TPSA) is 92.7 Å². The van der Waals surface area contributed by atoms with Gasteiger partial charge in [0.25, 0.3) is 0 Å². The molecular formula is C13H17NO5S2. The monoisotopic (exact) mass is 331 g/mol. The number of sulfonamides is 1. The molecule has 8 heteroatoms. The molecule has 0 amide bonds. The lowest BCUT2D eigenvalue weighted by atomic mass is 10.2. The molecule has 0 atom stereocenters. The van der Waals surface area contributed by atoms with Crippen molar-refractivity contribution in [1.29, 1.82) is 0 Å². The first-order chi connectivity index (χ1) is 9.98. The average Bonchev–Trinajstić information content (AvgIpc) is 2.84. The third kappa shape index (κ3) is 6.73. The van der Waals surface area contributed by atoms with Gasteiger partial charge in [0.1, 0.15) is 0 Å². The summed E-state index contributed by atoms with van der Waals surface area (Å²) in [5.41, 5.74) is 0.715. The predicted molar refractivity (Wildman–Crippen MR) is 80.2 cm³/mol. The van der Waals surface area contributed by atoms with E-state index in [2.05, 4.69) is 21.3 Å². The normalized spacial score (nSPS) is 10.8. The van der Waals surface area contributed by atoms with Gasteiger partial charge in [0.15, 0.2) is 5.75 Å². The summed E-state index contributed by atoms with van der Waals surface area (Å²) in [6.45, 7) is 1.81. The van der Waals surface area contributed by atoms with E-state index in [9.17, 15) is 13.2 Å². The highest BCUT2D eigenvalue weighted by Crippen LogP contribution is 2.15. The molecule has 1 heterocycles. The molecule has 0 radical (unpaired) electrons. The number of ether oxygens (including phenoxy) is 1. The fraction of sp³-hybridized carbons (Fsp3) is 0.462. The van der Waals surface area contributed by atoms with Crippen molar-refractivity contribution in [2.75, 3.05) is 19.0 Å². The maximum Gasteiger partial charge on any atom is 0.322 e. The number of thiophene rings is 1. The number of rotatable bonds is 7. The second kappa shape index (κ2) is 8.79. The quantitative estimate of drug-likeness (QED) is 0.559. The summed E-state index contributed by atoms with van der Waals surface area (Å²) >= 11 is 1.37. The Morgan fingerprint density at radius 2 is 2.29 bits per heavy atom. The second-order valence-corrected chi connectivity index (χ2v) is 6.73. The highest BCUT2D eigenvalue weighted by molar-refractivity contribution is 7.90. The van der Waals surface area contributed by atoms with Gasteiger partial charge in [-0.25, -0.2) is 13.1 Å². The Hall–Kier alpha value is -1.40. The van der Waals surface area contributed by atoms with Crippen LogP contribution in [0.3, 0.4) is 0 Å². The van der Waals surface area contributed by atoms with E-state index in [0.29, 0.717) is 12.0 Å². The fourth-order valence-electron chi connectivity index (χ4n) is 1.39. The summed E-state index contributed by atoms with van der Waals surface area (Å²) in [6.07, 6.45) is 0.365. The van der Waals surface area contributed by atoms with Crippen LogP contribution in [0.1, 0.15) is 23.8 Å². The van der Waals surface area contributed by atoms with Crippen LogP contribution in [0.2, 0.25) is 0 Å². The van der Waals surface area contributed by atoms with Crippen molar-refractivity contribution in [3.05, 3.63) is 21.9 Å². The zero-order valence-electron chi connectivity index (χ0n) is 11.6. The predicted octanol–water partition coefficient (Wildman–Crippen LogP) is 0.464. The Kier molecular flexibility index (Phi) is 7.39. The number of aliphatic hydroxyl groups excluding tert-OH is 1. The SMILES string of the molecule is CCOC(=O)CS(=O)(=O)NCc1sccc1C#CCCO. The molecule has 1 rings (SSSR count). The van der Waals surface area contributed by atoms with Gasteiger partial charge in [-0.2, -0.15) is 0 Å². The summed E-state index contributed by atoms with van der Waals surface area (Å²) in [4.78, 5) is 11.9. The van der Waals surface area contributed by atoms with E-state index in [-0.39, 0.29) is 19.8 Å². The molecule has 1 aromatic rings. The summed E-state index contributed by atoms with van der Waals surface area (Å²) in [5.74, 6) is 4.17. The van der Waals surface area contributed by atoms with Crippen molar-refractivity contribution in [3.63, 3.8) is 0 Å². The van der Waals surface area contributed by atoms with Crippen molar-refractivity contribution in [2.24, 2.45) is 0 Å². The molecule has 2 N–H and O–H groups in total. The highest BCUT2D eigenvalue weighted by Gasteiger charge is 2.17. The minimum absolute atomic E-state index is 0.0152. The summed E-state index contributed by atoms with van der Waals surface area (Å²) < 4.78 is 30.4. The van der Waals surface area contributed by atoms with E-state index in [1.165, 1.54) is 11.3 Å². The number of carbonyl (C=O) groups is 1. The molecule has 0 bridgehead atoms. The molecule has 0 spiro atoms. The number of nitrogens with one attached hydrogen (secondary N) is 1. The fourth-order valence-corrected chi connectivity index (χ4v) is 3.11. The molecule has 0 unspecified atom stereocenters. The Labute approximate surface area is 128 Å². The van der Waals surface area contributed by atoms with Crippen LogP contribution in [0.4, 0.5) is 0 Å². The van der Waals surface area contributed by atoms with Crippen molar-refractivity contribution in [1.82, 2.24) is 4.72 Å². The largest absolute Gasteiger partial charge is 0.465 e. The van der Waals surface area contributed by atoms with Crippen LogP contribution in [0.5, 0.6) is 0 Å². The number of aliphatic hydroxyl groups is 1. The molecule has 0 aromatic carbocycles. The third-order valence-electron chi connectivity index (χ3n) is 2.27. The van der Waals surface area contributed by atoms with E-state index in [1.807, 2.05) is 0 Å². The Balaban J connectivity index is 2.61. The zero-order chi connectivity index (χ0) is 15.7. The minimum atomic E-state index is -3.73. The maximum atomic E-state index is 11.7. The Bertz CT molecular complexity index is 624. The number of hydrogen-bond acceptors (Lipinski definition) is 6. The van der Waals surface area contributed by atoms with Gasteiger partial charge in [-0.3, -0.25) is 4.79 Å². The van der Waals surface area contributed by atoms with Gasteiger partial charge < -0.3 is 9.84 Å². The summed E-state index contributed by atoms with van der Waals surface area (Å²) in [5, 5.41) is 10.5. The van der Waals surface area contributed by atoms with E-state index >= 15 is 0 Å². The van der Waals surface area contributed by atoms with Crippen molar-refractivity contribution < 1.29 is 23.1 Å². The minimum Gasteiger partial charge on any atom is -0.465 e. The molecule has 116 valence electrons. The van der Waals surface area contributed by atoms with E-state index in [4.69, 9.17) is 5.11 Å². The van der Waals surface area contributed by atoms with E-state index in [0.717, 1.165) is 4.88 Å². The third-order valence-corrected chi connectivity index (χ3v) is 4.39. The highest BCUT2D eigenvalue weighted by atomic mass is 32.2. The summed E-state index contributed by atoms with van der Waals surface area (Å²) in [6, 6.07) is 1.78. The van der Waals surface area contributed by atoms with Gasteiger partial charge in [0.05, 0.1) is 13.2 Å². The van der Waals surface area contributed by atoms with Crippen LogP contribution in [-0.4, -0.2) is 38.5 Å². The lowest BCUT2D eigenvalue weighted by Gasteiger charge is -2.05. The first-order valence-electron chi connectivity index (χ1n) is 6.27. The molecule has 0 aliphatic rings. The summed E-state index contributed by atoms with van der Waals surface area (Å²) in [7, 11) is -3.73. The molecule has 0 saturated carbocycles. The van der Waals surface area contributed by atoms with Crippen molar-refractivity contribution in [2.45, 2.75) is 19.9 Å². The van der Waals surface area contributed by atoms with Gasteiger partial charge in [0.2, 0.25) is 10.0 Å². The molecule has 0 fully saturated rings. The van der Waals surface area contributed by atoms with Gasteiger partial charge in [-0.15, -0.1) is 11.3 Å². The number of carbonyl (C=O) groups excluding carboxylic acids is 1. The first-order valence-corrected chi connectivity index (χ1v) is 8.80. The maximum absolute atomic E-state index is 11.7. The van der Waals surface area contributed by atoms with E-state index < -0.39 is 21.7 Å². The molecule has 6 nitrogen and oxygen atoms in total. The number of hydrogen-bond donors (Lipinski definition) is 2. The van der Waals surface area contributed by atoms with Gasteiger partial charge in [0, 0.05) is 23.4 Å².